The van der Waals surface area contributed by atoms with Gasteiger partial charge in [-0.25, -0.2) is 0 Å². The molecule has 0 spiro atoms. The van der Waals surface area contributed by atoms with E-state index in [1.807, 2.05) is 22.7 Å². The van der Waals surface area contributed by atoms with Crippen LogP contribution in [0.3, 0.4) is 0 Å². The third-order valence-corrected chi connectivity index (χ3v) is 13.7. The van der Waals surface area contributed by atoms with Crippen LogP contribution in [-0.4, -0.2) is 0 Å². The largest absolute Gasteiger partial charge is 0.135 e. The van der Waals surface area contributed by atoms with Crippen molar-refractivity contribution in [3.63, 3.8) is 0 Å². The Balaban J connectivity index is 1.07. The molecule has 54 heavy (non-hydrogen) atoms. The van der Waals surface area contributed by atoms with E-state index in [1.165, 1.54) is 117 Å². The van der Waals surface area contributed by atoms with Crippen LogP contribution >= 0.6 is 22.7 Å². The molecule has 0 saturated heterocycles. The highest BCUT2D eigenvalue weighted by molar-refractivity contribution is 7.26. The molecular weight excluding hydrogens is 689 g/mol. The van der Waals surface area contributed by atoms with Gasteiger partial charge >= 0.3 is 0 Å². The average Bonchev–Trinajstić information content (AvgIpc) is 3.79. The lowest BCUT2D eigenvalue weighted by atomic mass is 9.85. The highest BCUT2D eigenvalue weighted by atomic mass is 32.1. The van der Waals surface area contributed by atoms with Crippen LogP contribution in [0.5, 0.6) is 0 Å². The van der Waals surface area contributed by atoms with Crippen molar-refractivity contribution in [1.82, 2.24) is 0 Å². The molecule has 2 aromatic heterocycles. The van der Waals surface area contributed by atoms with E-state index in [0.717, 1.165) is 0 Å². The van der Waals surface area contributed by atoms with Crippen LogP contribution in [0.15, 0.2) is 182 Å². The summed E-state index contributed by atoms with van der Waals surface area (Å²) in [5.41, 5.74) is 7.53. The highest BCUT2D eigenvalue weighted by Crippen LogP contribution is 2.47. The molecule has 0 nitrogen and oxygen atoms in total. The van der Waals surface area contributed by atoms with E-state index in [1.54, 1.807) is 0 Å². The topological polar surface area (TPSA) is 0 Å². The number of rotatable bonds is 3. The minimum atomic E-state index is 1.23. The van der Waals surface area contributed by atoms with Crippen LogP contribution in [0.2, 0.25) is 0 Å². The standard InChI is InChI=1S/C52H30S2/c1-2-11-32-26-34(21-20-31(32)10-1)33-12-9-13-36(27-33)50-38-14-3-5-16-40(38)51(41-17-6-4-15-39(41)50)37-23-24-47-44(29-37)45-28-35-22-25-48-52(43(35)30-49(45)54-47)42-18-7-8-19-46(42)53-48/h1-30H. The second-order valence-electron chi connectivity index (χ2n) is 14.4. The third-order valence-electron chi connectivity index (χ3n) is 11.4. The van der Waals surface area contributed by atoms with E-state index in [4.69, 9.17) is 0 Å². The molecule has 12 rings (SSSR count). The summed E-state index contributed by atoms with van der Waals surface area (Å²) < 4.78 is 5.37. The van der Waals surface area contributed by atoms with Crippen molar-refractivity contribution >= 4 is 106 Å². The Morgan fingerprint density at radius 1 is 0.241 bits per heavy atom. The van der Waals surface area contributed by atoms with Crippen molar-refractivity contribution in [2.45, 2.75) is 0 Å². The SMILES string of the molecule is c1cc(-c2ccc3ccccc3c2)cc(-c2c3ccccc3c(-c3ccc4sc5cc6c(ccc7sc8ccccc8c76)cc5c4c3)c3ccccc23)c1. The normalized spacial score (nSPS) is 12.1. The van der Waals surface area contributed by atoms with Crippen molar-refractivity contribution < 1.29 is 0 Å². The molecule has 250 valence electrons. The molecule has 0 saturated carbocycles. The van der Waals surface area contributed by atoms with Crippen molar-refractivity contribution in [3.8, 4) is 33.4 Å². The molecule has 0 aliphatic rings. The molecule has 12 aromatic rings. The molecule has 0 amide bonds. The lowest BCUT2D eigenvalue weighted by Crippen LogP contribution is -1.91. The Morgan fingerprint density at radius 3 is 1.56 bits per heavy atom. The van der Waals surface area contributed by atoms with E-state index >= 15 is 0 Å². The quantitative estimate of drug-likeness (QED) is 0.160. The van der Waals surface area contributed by atoms with Gasteiger partial charge in [0.05, 0.1) is 0 Å². The van der Waals surface area contributed by atoms with Crippen LogP contribution in [0, 0.1) is 0 Å². The summed E-state index contributed by atoms with van der Waals surface area (Å²) in [6, 6.07) is 68.0. The van der Waals surface area contributed by atoms with Gasteiger partial charge in [-0.2, -0.15) is 0 Å². The van der Waals surface area contributed by atoms with Crippen molar-refractivity contribution in [1.29, 1.82) is 0 Å². The predicted molar refractivity (Wildman–Crippen MR) is 239 cm³/mol. The monoisotopic (exact) mass is 718 g/mol. The number of fused-ring (bicyclic) bond motifs is 11. The average molecular weight is 719 g/mol. The van der Waals surface area contributed by atoms with E-state index in [-0.39, 0.29) is 0 Å². The molecular formula is C52H30S2. The Bertz CT molecular complexity index is 3450. The first-order chi connectivity index (χ1) is 26.7. The summed E-state index contributed by atoms with van der Waals surface area (Å²) in [5, 5.41) is 15.7. The molecule has 2 heterocycles. The second kappa shape index (κ2) is 11.6. The van der Waals surface area contributed by atoms with E-state index in [9.17, 15) is 0 Å². The van der Waals surface area contributed by atoms with Gasteiger partial charge in [-0.3, -0.25) is 0 Å². The molecule has 0 atom stereocenters. The minimum absolute atomic E-state index is 1.23. The molecule has 10 aromatic carbocycles. The van der Waals surface area contributed by atoms with Crippen LogP contribution in [0.4, 0.5) is 0 Å². The van der Waals surface area contributed by atoms with Gasteiger partial charge in [0.1, 0.15) is 0 Å². The smallest absolute Gasteiger partial charge is 0.0362 e. The summed E-state index contributed by atoms with van der Waals surface area (Å²) in [7, 11) is 0. The maximum absolute atomic E-state index is 2.45. The molecule has 0 aliphatic carbocycles. The first kappa shape index (κ1) is 30.2. The van der Waals surface area contributed by atoms with Gasteiger partial charge < -0.3 is 0 Å². The number of benzene rings is 10. The van der Waals surface area contributed by atoms with Gasteiger partial charge in [-0.15, -0.1) is 22.7 Å². The van der Waals surface area contributed by atoms with Gasteiger partial charge in [-0.05, 0) is 125 Å². The Kier molecular flexibility index (Phi) is 6.48. The Hall–Kier alpha value is -6.32. The second-order valence-corrected chi connectivity index (χ2v) is 16.6. The minimum Gasteiger partial charge on any atom is -0.135 e. The van der Waals surface area contributed by atoms with Crippen LogP contribution in [-0.2, 0) is 0 Å². The lowest BCUT2D eigenvalue weighted by molar-refractivity contribution is 1.63. The van der Waals surface area contributed by atoms with E-state index < -0.39 is 0 Å². The maximum atomic E-state index is 2.45. The fourth-order valence-electron chi connectivity index (χ4n) is 8.95. The van der Waals surface area contributed by atoms with E-state index in [2.05, 4.69) is 182 Å². The van der Waals surface area contributed by atoms with Crippen LogP contribution in [0.25, 0.3) is 117 Å². The summed E-state index contributed by atoms with van der Waals surface area (Å²) in [6.07, 6.45) is 0. The van der Waals surface area contributed by atoms with Gasteiger partial charge in [0.2, 0.25) is 0 Å². The molecule has 0 N–H and O–H groups in total. The molecule has 0 fully saturated rings. The summed E-state index contributed by atoms with van der Waals surface area (Å²) in [4.78, 5) is 0. The predicted octanol–water partition coefficient (Wildman–Crippen LogP) is 16.0. The van der Waals surface area contributed by atoms with Crippen LogP contribution < -0.4 is 0 Å². The van der Waals surface area contributed by atoms with Crippen molar-refractivity contribution in [2.24, 2.45) is 0 Å². The fraction of sp³-hybridized carbons (Fsp3) is 0. The van der Waals surface area contributed by atoms with Gasteiger partial charge in [0.15, 0.2) is 0 Å². The molecule has 2 heteroatoms. The van der Waals surface area contributed by atoms with Gasteiger partial charge in [0, 0.05) is 40.3 Å². The summed E-state index contributed by atoms with van der Waals surface area (Å²) >= 11 is 3.80. The van der Waals surface area contributed by atoms with Crippen LogP contribution in [0.1, 0.15) is 0 Å². The molecule has 0 aliphatic heterocycles. The summed E-state index contributed by atoms with van der Waals surface area (Å²) in [5.74, 6) is 0. The lowest BCUT2D eigenvalue weighted by Gasteiger charge is -2.18. The highest BCUT2D eigenvalue weighted by Gasteiger charge is 2.19. The molecule has 0 bridgehead atoms. The first-order valence-corrected chi connectivity index (χ1v) is 20.1. The Labute approximate surface area is 319 Å². The van der Waals surface area contributed by atoms with Gasteiger partial charge in [-0.1, -0.05) is 133 Å². The fourth-order valence-corrected chi connectivity index (χ4v) is 11.2. The number of hydrogen-bond acceptors (Lipinski definition) is 2. The third kappa shape index (κ3) is 4.48. The van der Waals surface area contributed by atoms with Crippen molar-refractivity contribution in [3.05, 3.63) is 182 Å². The Morgan fingerprint density at radius 2 is 0.778 bits per heavy atom. The zero-order valence-corrected chi connectivity index (χ0v) is 30.8. The zero-order chi connectivity index (χ0) is 35.3. The maximum Gasteiger partial charge on any atom is 0.0362 e. The summed E-state index contributed by atoms with van der Waals surface area (Å²) in [6.45, 7) is 0. The van der Waals surface area contributed by atoms with Gasteiger partial charge in [0.25, 0.3) is 0 Å². The van der Waals surface area contributed by atoms with Crippen molar-refractivity contribution in [2.75, 3.05) is 0 Å². The number of hydrogen-bond donors (Lipinski definition) is 0. The first-order valence-electron chi connectivity index (χ1n) is 18.5. The van der Waals surface area contributed by atoms with E-state index in [0.29, 0.717) is 0 Å². The number of thiophene rings is 2. The molecule has 0 radical (unpaired) electrons. The zero-order valence-electron chi connectivity index (χ0n) is 29.1. The molecule has 0 unspecified atom stereocenters.